The number of halogens is 2. The highest BCUT2D eigenvalue weighted by molar-refractivity contribution is 5.91. The lowest BCUT2D eigenvalue weighted by molar-refractivity contribution is -0.143. The van der Waals surface area contributed by atoms with Crippen LogP contribution in [0.3, 0.4) is 0 Å². The van der Waals surface area contributed by atoms with Crippen molar-refractivity contribution in [1.82, 2.24) is 39.0 Å². The van der Waals surface area contributed by atoms with Gasteiger partial charge < -0.3 is 30.5 Å². The minimum absolute atomic E-state index is 0.0576. The SMILES string of the molecule is CNc1nc(C(=O)OCCF)nc2c1[nH]c(=O)n2Cc1ccccc1.Nc1nc(CC(=O)OCCF)nc2c1[nH]c(=O)n2Cc1ccccc1. The van der Waals surface area contributed by atoms with Crippen LogP contribution in [0.4, 0.5) is 20.4 Å². The Kier molecular flexibility index (Phi) is 11.2. The van der Waals surface area contributed by atoms with Gasteiger partial charge in [-0.2, -0.15) is 0 Å². The van der Waals surface area contributed by atoms with E-state index in [-0.39, 0.29) is 66.5 Å². The van der Waals surface area contributed by atoms with Crippen molar-refractivity contribution in [2.24, 2.45) is 0 Å². The molecule has 0 fully saturated rings. The molecule has 260 valence electrons. The molecule has 0 aliphatic rings. The predicted molar refractivity (Wildman–Crippen MR) is 178 cm³/mol. The number of nitrogens with zero attached hydrogens (tertiary/aromatic N) is 6. The van der Waals surface area contributed by atoms with E-state index in [9.17, 15) is 28.0 Å². The summed E-state index contributed by atoms with van der Waals surface area (Å²) < 4.78 is 36.5. The third-order valence-electron chi connectivity index (χ3n) is 7.06. The van der Waals surface area contributed by atoms with E-state index < -0.39 is 25.3 Å². The van der Waals surface area contributed by atoms with Crippen molar-refractivity contribution in [2.45, 2.75) is 19.5 Å². The number of carbonyl (C=O) groups excluding carboxylic acids is 2. The number of rotatable bonds is 12. The zero-order chi connectivity index (χ0) is 35.6. The standard InChI is InChI=1S/2C16H16FN5O3/c1-18-12-11-14(21-13(20-12)15(23)25-8-7-17)22(16(24)19-11)9-10-5-3-2-4-6-10;17-6-7-25-12(23)8-11-19-14(18)13-15(20-11)22(16(24)21-13)9-10-4-2-1-3-5-10/h2-6H,7-9H2,1H3,(H,19,24)(H,18,20,21);1-5H,6-9H2,(H,21,24)(H2,18,19,20). The number of anilines is 2. The molecule has 6 aromatic rings. The molecule has 18 heteroatoms. The van der Waals surface area contributed by atoms with Crippen molar-refractivity contribution in [2.75, 3.05) is 44.7 Å². The number of hydrogen-bond acceptors (Lipinski definition) is 12. The number of benzene rings is 2. The number of ether oxygens (including phenoxy) is 2. The molecule has 6 rings (SSSR count). The topological polar surface area (TPSA) is 218 Å². The summed E-state index contributed by atoms with van der Waals surface area (Å²) >= 11 is 0. The average Bonchev–Trinajstić information content (AvgIpc) is 3.61. The number of nitrogens with two attached hydrogens (primary N) is 1. The quantitative estimate of drug-likeness (QED) is 0.136. The summed E-state index contributed by atoms with van der Waals surface area (Å²) in [5, 5.41) is 2.81. The fraction of sp³-hybridized carbons (Fsp3) is 0.250. The lowest BCUT2D eigenvalue weighted by atomic mass is 10.2. The number of imidazole rings is 2. The molecule has 0 saturated carbocycles. The van der Waals surface area contributed by atoms with E-state index >= 15 is 0 Å². The van der Waals surface area contributed by atoms with Crippen molar-refractivity contribution >= 4 is 45.9 Å². The van der Waals surface area contributed by atoms with Gasteiger partial charge in [0, 0.05) is 7.05 Å². The first-order valence-electron chi connectivity index (χ1n) is 15.2. The van der Waals surface area contributed by atoms with Gasteiger partial charge >= 0.3 is 23.3 Å². The second-order valence-corrected chi connectivity index (χ2v) is 10.5. The zero-order valence-corrected chi connectivity index (χ0v) is 26.7. The first-order valence-corrected chi connectivity index (χ1v) is 15.2. The molecular weight excluding hydrogens is 658 g/mol. The lowest BCUT2D eigenvalue weighted by Gasteiger charge is -2.07. The van der Waals surface area contributed by atoms with Crippen LogP contribution >= 0.6 is 0 Å². The molecule has 0 aliphatic heterocycles. The Hall–Kier alpha value is -6.46. The summed E-state index contributed by atoms with van der Waals surface area (Å²) in [7, 11) is 1.60. The van der Waals surface area contributed by atoms with Crippen LogP contribution in [0.5, 0.6) is 0 Å². The third-order valence-corrected chi connectivity index (χ3v) is 7.06. The molecule has 5 N–H and O–H groups in total. The van der Waals surface area contributed by atoms with Crippen LogP contribution in [-0.4, -0.2) is 84.6 Å². The van der Waals surface area contributed by atoms with Gasteiger partial charge in [0.15, 0.2) is 22.9 Å². The number of alkyl halides is 2. The van der Waals surface area contributed by atoms with Crippen molar-refractivity contribution < 1.29 is 27.8 Å². The largest absolute Gasteiger partial charge is 0.463 e. The van der Waals surface area contributed by atoms with Crippen LogP contribution in [0.2, 0.25) is 0 Å². The van der Waals surface area contributed by atoms with Crippen LogP contribution in [0.1, 0.15) is 27.6 Å². The summed E-state index contributed by atoms with van der Waals surface area (Å²) in [6, 6.07) is 18.7. The number of carbonyl (C=O) groups is 2. The second kappa shape index (κ2) is 16.1. The van der Waals surface area contributed by atoms with Crippen LogP contribution in [0, 0.1) is 0 Å². The molecule has 4 heterocycles. The van der Waals surface area contributed by atoms with Crippen molar-refractivity contribution in [3.63, 3.8) is 0 Å². The maximum atomic E-state index is 12.3. The Labute approximate surface area is 281 Å². The smallest absolute Gasteiger partial charge is 0.376 e. The summed E-state index contributed by atoms with van der Waals surface area (Å²) in [6.45, 7) is -1.68. The van der Waals surface area contributed by atoms with Crippen LogP contribution in [0.15, 0.2) is 70.3 Å². The van der Waals surface area contributed by atoms with E-state index in [2.05, 4.69) is 40.0 Å². The normalized spacial score (nSPS) is 10.9. The fourth-order valence-corrected chi connectivity index (χ4v) is 4.83. The Bertz CT molecular complexity index is 2220. The Morgan fingerprint density at radius 3 is 1.88 bits per heavy atom. The van der Waals surface area contributed by atoms with Gasteiger partial charge in [0.2, 0.25) is 5.82 Å². The number of H-pyrrole nitrogens is 2. The van der Waals surface area contributed by atoms with E-state index in [4.69, 9.17) is 10.5 Å². The molecular formula is C32H32F2N10O6. The molecule has 16 nitrogen and oxygen atoms in total. The Balaban J connectivity index is 0.000000194. The number of nitrogens with one attached hydrogen (secondary N) is 3. The summed E-state index contributed by atoms with van der Waals surface area (Å²) in [6.07, 6.45) is -0.259. The van der Waals surface area contributed by atoms with Gasteiger partial charge in [-0.15, -0.1) is 0 Å². The number of aromatic nitrogens is 8. The molecule has 0 radical (unpaired) electrons. The number of fused-ring (bicyclic) bond motifs is 2. The molecule has 0 spiro atoms. The number of esters is 2. The number of hydrogen-bond donors (Lipinski definition) is 4. The third kappa shape index (κ3) is 8.15. The van der Waals surface area contributed by atoms with Gasteiger partial charge in [-0.25, -0.2) is 43.1 Å². The summed E-state index contributed by atoms with van der Waals surface area (Å²) in [5.74, 6) is -1.32. The molecule has 0 bridgehead atoms. The van der Waals surface area contributed by atoms with Gasteiger partial charge in [-0.3, -0.25) is 13.9 Å². The number of nitrogen functional groups attached to an aromatic ring is 1. The van der Waals surface area contributed by atoms with E-state index in [1.807, 2.05) is 60.7 Å². The average molecular weight is 691 g/mol. The predicted octanol–water partition coefficient (Wildman–Crippen LogP) is 2.14. The number of aromatic amines is 2. The van der Waals surface area contributed by atoms with Gasteiger partial charge in [0.05, 0.1) is 13.1 Å². The molecule has 0 saturated heterocycles. The molecule has 0 unspecified atom stereocenters. The van der Waals surface area contributed by atoms with Gasteiger partial charge in [0.25, 0.3) is 0 Å². The van der Waals surface area contributed by atoms with Crippen molar-refractivity contribution in [3.8, 4) is 0 Å². The minimum Gasteiger partial charge on any atom is -0.463 e. The Morgan fingerprint density at radius 2 is 1.32 bits per heavy atom. The first kappa shape index (κ1) is 34.9. The maximum Gasteiger partial charge on any atom is 0.376 e. The van der Waals surface area contributed by atoms with E-state index in [1.54, 1.807) is 7.05 Å². The van der Waals surface area contributed by atoms with Crippen LogP contribution < -0.4 is 22.4 Å². The van der Waals surface area contributed by atoms with Crippen LogP contribution in [0.25, 0.3) is 22.3 Å². The monoisotopic (exact) mass is 690 g/mol. The Morgan fingerprint density at radius 1 is 0.780 bits per heavy atom. The van der Waals surface area contributed by atoms with Crippen LogP contribution in [-0.2, 0) is 33.8 Å². The molecule has 0 aliphatic carbocycles. The van der Waals surface area contributed by atoms with Crippen molar-refractivity contribution in [3.05, 3.63) is 104 Å². The van der Waals surface area contributed by atoms with E-state index in [0.29, 0.717) is 23.2 Å². The van der Waals surface area contributed by atoms with E-state index in [1.165, 1.54) is 9.13 Å². The molecule has 0 atom stereocenters. The summed E-state index contributed by atoms with van der Waals surface area (Å²) in [4.78, 5) is 69.8. The molecule has 50 heavy (non-hydrogen) atoms. The van der Waals surface area contributed by atoms with E-state index in [0.717, 1.165) is 11.1 Å². The highest BCUT2D eigenvalue weighted by Crippen LogP contribution is 2.19. The molecule has 2 aromatic carbocycles. The van der Waals surface area contributed by atoms with Crippen molar-refractivity contribution in [1.29, 1.82) is 0 Å². The maximum absolute atomic E-state index is 12.3. The first-order chi connectivity index (χ1) is 24.2. The fourth-order valence-electron chi connectivity index (χ4n) is 4.83. The highest BCUT2D eigenvalue weighted by atomic mass is 19.1. The highest BCUT2D eigenvalue weighted by Gasteiger charge is 2.20. The minimum atomic E-state index is -0.851. The van der Waals surface area contributed by atoms with Gasteiger partial charge in [-0.1, -0.05) is 60.7 Å². The van der Waals surface area contributed by atoms with Gasteiger partial charge in [0.1, 0.15) is 49.8 Å². The molecule has 0 amide bonds. The lowest BCUT2D eigenvalue weighted by Crippen LogP contribution is -2.18. The second-order valence-electron chi connectivity index (χ2n) is 10.5. The summed E-state index contributed by atoms with van der Waals surface area (Å²) in [5.41, 5.74) is 8.17. The zero-order valence-electron chi connectivity index (χ0n) is 26.7. The molecule has 4 aromatic heterocycles. The van der Waals surface area contributed by atoms with Gasteiger partial charge in [-0.05, 0) is 11.1 Å².